The molecule has 0 radical (unpaired) electrons. The number of rotatable bonds is 4. The van der Waals surface area contributed by atoms with E-state index in [-0.39, 0.29) is 11.4 Å². The fourth-order valence-corrected chi connectivity index (χ4v) is 1.83. The fourth-order valence-electron chi connectivity index (χ4n) is 1.83. The summed E-state index contributed by atoms with van der Waals surface area (Å²) in [5.74, 6) is -0.435. The van der Waals surface area contributed by atoms with Crippen molar-refractivity contribution < 1.29 is 4.79 Å². The maximum absolute atomic E-state index is 10.9. The normalized spacial score (nSPS) is 19.2. The van der Waals surface area contributed by atoms with Crippen LogP contribution in [0, 0.1) is 5.41 Å². The molecule has 0 saturated heterocycles. The topological polar surface area (TPSA) is 105 Å². The number of hydrogen-bond donors (Lipinski definition) is 4. The molecular formula is C10H18N4O. The van der Waals surface area contributed by atoms with E-state index < -0.39 is 5.91 Å². The number of nitrogens with one attached hydrogen (secondary N) is 2. The average Bonchev–Trinajstić information content (AvgIpc) is 2.19. The number of carbonyl (C=O) groups excluding carboxylic acids is 1. The molecule has 0 aromatic carbocycles. The van der Waals surface area contributed by atoms with Crippen LogP contribution >= 0.6 is 0 Å². The van der Waals surface area contributed by atoms with E-state index in [9.17, 15) is 4.79 Å². The lowest BCUT2D eigenvalue weighted by Gasteiger charge is -2.24. The Morgan fingerprint density at radius 1 is 1.27 bits per heavy atom. The first-order valence-corrected chi connectivity index (χ1v) is 5.21. The fraction of sp³-hybridized carbons (Fsp3) is 0.600. The zero-order valence-electron chi connectivity index (χ0n) is 8.75. The zero-order chi connectivity index (χ0) is 11.3. The summed E-state index contributed by atoms with van der Waals surface area (Å²) in [4.78, 5) is 10.9. The summed E-state index contributed by atoms with van der Waals surface area (Å²) in [6.45, 7) is 0. The van der Waals surface area contributed by atoms with E-state index in [1.807, 2.05) is 0 Å². The molecule has 1 aliphatic carbocycles. The van der Waals surface area contributed by atoms with Crippen molar-refractivity contribution in [2.75, 3.05) is 0 Å². The SMILES string of the molecule is N=C/C(C(N)=O)=C(\N)NC1CCCCC1. The Balaban J connectivity index is 2.61. The number of primary amides is 1. The van der Waals surface area contributed by atoms with Gasteiger partial charge in [-0.05, 0) is 12.8 Å². The summed E-state index contributed by atoms with van der Waals surface area (Å²) >= 11 is 0. The molecule has 0 aromatic rings. The molecule has 5 nitrogen and oxygen atoms in total. The third-order valence-electron chi connectivity index (χ3n) is 2.66. The molecule has 0 heterocycles. The highest BCUT2D eigenvalue weighted by molar-refractivity contribution is 6.11. The molecule has 0 spiro atoms. The van der Waals surface area contributed by atoms with Gasteiger partial charge in [-0.1, -0.05) is 19.3 Å². The predicted octanol–water partition coefficient (Wildman–Crippen LogP) is 0.214. The van der Waals surface area contributed by atoms with E-state index in [2.05, 4.69) is 5.32 Å². The van der Waals surface area contributed by atoms with Crippen molar-refractivity contribution in [2.45, 2.75) is 38.1 Å². The zero-order valence-corrected chi connectivity index (χ0v) is 8.75. The van der Waals surface area contributed by atoms with Gasteiger partial charge in [0.1, 0.15) is 5.82 Å². The summed E-state index contributed by atoms with van der Waals surface area (Å²) in [5, 5.41) is 10.1. The molecule has 5 heteroatoms. The van der Waals surface area contributed by atoms with E-state index in [0.717, 1.165) is 19.1 Å². The van der Waals surface area contributed by atoms with Crippen molar-refractivity contribution in [1.82, 2.24) is 5.32 Å². The van der Waals surface area contributed by atoms with Gasteiger partial charge in [0.25, 0.3) is 5.91 Å². The van der Waals surface area contributed by atoms with Crippen LogP contribution in [0.5, 0.6) is 0 Å². The van der Waals surface area contributed by atoms with Gasteiger partial charge in [-0.3, -0.25) is 4.79 Å². The highest BCUT2D eigenvalue weighted by atomic mass is 16.1. The lowest BCUT2D eigenvalue weighted by molar-refractivity contribution is -0.114. The minimum Gasteiger partial charge on any atom is -0.385 e. The molecule has 84 valence electrons. The minimum atomic E-state index is -0.661. The molecule has 1 amide bonds. The van der Waals surface area contributed by atoms with Crippen molar-refractivity contribution in [1.29, 1.82) is 5.41 Å². The molecule has 0 unspecified atom stereocenters. The van der Waals surface area contributed by atoms with Gasteiger partial charge < -0.3 is 22.2 Å². The van der Waals surface area contributed by atoms with Crippen molar-refractivity contribution in [3.63, 3.8) is 0 Å². The van der Waals surface area contributed by atoms with E-state index in [0.29, 0.717) is 6.04 Å². The van der Waals surface area contributed by atoms with Gasteiger partial charge in [0.15, 0.2) is 0 Å². The van der Waals surface area contributed by atoms with Crippen LogP contribution in [0.15, 0.2) is 11.4 Å². The minimum absolute atomic E-state index is 0.0561. The van der Waals surface area contributed by atoms with Crippen LogP contribution in [0.1, 0.15) is 32.1 Å². The Kier molecular flexibility index (Phi) is 4.15. The third-order valence-corrected chi connectivity index (χ3v) is 2.66. The van der Waals surface area contributed by atoms with Gasteiger partial charge in [0.2, 0.25) is 0 Å². The molecular weight excluding hydrogens is 192 g/mol. The summed E-state index contributed by atoms with van der Waals surface area (Å²) in [6, 6.07) is 0.313. The quantitative estimate of drug-likeness (QED) is 0.394. The molecule has 0 aliphatic heterocycles. The second kappa shape index (κ2) is 5.38. The largest absolute Gasteiger partial charge is 0.385 e. The number of carbonyl (C=O) groups is 1. The second-order valence-electron chi connectivity index (χ2n) is 3.82. The monoisotopic (exact) mass is 210 g/mol. The Morgan fingerprint density at radius 3 is 2.33 bits per heavy atom. The Bertz CT molecular complexity index is 279. The van der Waals surface area contributed by atoms with Gasteiger partial charge in [-0.2, -0.15) is 0 Å². The first kappa shape index (κ1) is 11.6. The summed E-state index contributed by atoms with van der Waals surface area (Å²) < 4.78 is 0. The Morgan fingerprint density at radius 2 is 1.87 bits per heavy atom. The van der Waals surface area contributed by atoms with Crippen molar-refractivity contribution >= 4 is 12.1 Å². The van der Waals surface area contributed by atoms with Gasteiger partial charge in [-0.25, -0.2) is 0 Å². The molecule has 0 aromatic heterocycles. The van der Waals surface area contributed by atoms with Gasteiger partial charge in [0.05, 0.1) is 5.57 Å². The third kappa shape index (κ3) is 3.27. The number of amides is 1. The maximum atomic E-state index is 10.9. The summed E-state index contributed by atoms with van der Waals surface area (Å²) in [7, 11) is 0. The van der Waals surface area contributed by atoms with E-state index >= 15 is 0 Å². The highest BCUT2D eigenvalue weighted by Crippen LogP contribution is 2.17. The van der Waals surface area contributed by atoms with Gasteiger partial charge in [0, 0.05) is 12.3 Å². The smallest absolute Gasteiger partial charge is 0.253 e. The first-order chi connectivity index (χ1) is 7.15. The maximum Gasteiger partial charge on any atom is 0.253 e. The average molecular weight is 210 g/mol. The molecule has 1 saturated carbocycles. The molecule has 6 N–H and O–H groups in total. The molecule has 1 aliphatic rings. The van der Waals surface area contributed by atoms with Crippen LogP contribution in [-0.2, 0) is 4.79 Å². The molecule has 0 atom stereocenters. The highest BCUT2D eigenvalue weighted by Gasteiger charge is 2.15. The molecule has 1 fully saturated rings. The van der Waals surface area contributed by atoms with Crippen LogP contribution in [-0.4, -0.2) is 18.2 Å². The van der Waals surface area contributed by atoms with Crippen molar-refractivity contribution in [2.24, 2.45) is 11.5 Å². The molecule has 15 heavy (non-hydrogen) atoms. The summed E-state index contributed by atoms with van der Waals surface area (Å²) in [6.07, 6.45) is 6.64. The standard InChI is InChI=1S/C10H18N4O/c11-6-8(10(13)15)9(12)14-7-4-2-1-3-5-7/h6-7,11,14H,1-5,12H2,(H2,13,15)/b9-8-,11-6?. The van der Waals surface area contributed by atoms with Crippen LogP contribution < -0.4 is 16.8 Å². The predicted molar refractivity (Wildman–Crippen MR) is 59.2 cm³/mol. The van der Waals surface area contributed by atoms with Crippen LogP contribution in [0.3, 0.4) is 0 Å². The van der Waals surface area contributed by atoms with Gasteiger partial charge >= 0.3 is 0 Å². The van der Waals surface area contributed by atoms with Crippen LogP contribution in [0.4, 0.5) is 0 Å². The van der Waals surface area contributed by atoms with E-state index in [1.54, 1.807) is 0 Å². The lowest BCUT2D eigenvalue weighted by Crippen LogP contribution is -2.36. The second-order valence-corrected chi connectivity index (χ2v) is 3.82. The lowest BCUT2D eigenvalue weighted by atomic mass is 9.95. The Hall–Kier alpha value is -1.52. The summed E-state index contributed by atoms with van der Waals surface area (Å²) in [5.41, 5.74) is 10.8. The number of hydrogen-bond acceptors (Lipinski definition) is 4. The van der Waals surface area contributed by atoms with Crippen molar-refractivity contribution in [3.8, 4) is 0 Å². The Labute approximate surface area is 89.4 Å². The van der Waals surface area contributed by atoms with Crippen molar-refractivity contribution in [3.05, 3.63) is 11.4 Å². The van der Waals surface area contributed by atoms with Gasteiger partial charge in [-0.15, -0.1) is 0 Å². The number of nitrogens with two attached hydrogens (primary N) is 2. The van der Waals surface area contributed by atoms with E-state index in [4.69, 9.17) is 16.9 Å². The molecule has 1 rings (SSSR count). The van der Waals surface area contributed by atoms with E-state index in [1.165, 1.54) is 19.3 Å². The molecule has 0 bridgehead atoms. The first-order valence-electron chi connectivity index (χ1n) is 5.21. The van der Waals surface area contributed by atoms with Crippen LogP contribution in [0.25, 0.3) is 0 Å². The van der Waals surface area contributed by atoms with Crippen LogP contribution in [0.2, 0.25) is 0 Å².